The highest BCUT2D eigenvalue weighted by molar-refractivity contribution is 6.33. The number of hydrogen-bond donors (Lipinski definition) is 7. The van der Waals surface area contributed by atoms with Crippen LogP contribution < -0.4 is 27.0 Å². The number of carbonyl (C=O) groups is 2. The van der Waals surface area contributed by atoms with Crippen LogP contribution in [-0.2, 0) is 9.59 Å². The second-order valence-corrected chi connectivity index (χ2v) is 18.4. The van der Waals surface area contributed by atoms with Gasteiger partial charge in [-0.3, -0.25) is 19.8 Å². The molecule has 22 heteroatoms. The van der Waals surface area contributed by atoms with Gasteiger partial charge < -0.3 is 41.7 Å². The Morgan fingerprint density at radius 3 is 1.48 bits per heavy atom. The summed E-state index contributed by atoms with van der Waals surface area (Å²) in [5, 5.41) is 26.5. The molecule has 366 valence electrons. The van der Waals surface area contributed by atoms with E-state index in [2.05, 4.69) is 61.6 Å². The van der Waals surface area contributed by atoms with Crippen LogP contribution in [0, 0.1) is 39.3 Å². The van der Waals surface area contributed by atoms with Crippen molar-refractivity contribution in [1.29, 1.82) is 0 Å². The molecule has 4 aromatic heterocycles. The van der Waals surface area contributed by atoms with E-state index in [-0.39, 0.29) is 59.3 Å². The number of anilines is 8. The number of carbonyl (C=O) groups excluding carboxylic acids is 2. The molecule has 2 aliphatic rings. The summed E-state index contributed by atoms with van der Waals surface area (Å²) in [4.78, 5) is 47.0. The van der Waals surface area contributed by atoms with Gasteiger partial charge in [-0.25, -0.2) is 18.7 Å². The van der Waals surface area contributed by atoms with E-state index in [1.54, 1.807) is 29.2 Å². The second kappa shape index (κ2) is 22.8. The van der Waals surface area contributed by atoms with Crippen molar-refractivity contribution in [2.24, 2.45) is 5.73 Å². The summed E-state index contributed by atoms with van der Waals surface area (Å²) in [6, 6.07) is 10.3. The number of nitrogens with two attached hydrogens (primary N) is 1. The van der Waals surface area contributed by atoms with Gasteiger partial charge in [0.2, 0.25) is 23.7 Å². The highest BCUT2D eigenvalue weighted by Gasteiger charge is 2.27. The van der Waals surface area contributed by atoms with E-state index in [1.807, 2.05) is 63.7 Å². The molecule has 8 rings (SSSR count). The van der Waals surface area contributed by atoms with Crippen LogP contribution >= 0.6 is 23.2 Å². The monoisotopic (exact) mass is 986 g/mol. The SMILES string of the molecule is Cc1cc(Nc2nc(Nc3cc(C)c(C4CCN(C(=O)CCN(C)C)CC4)cc3F)ncc2Cl)n[nH]1.Cc1cc(Nc2nc(Nc3cc(C)c(C4CCN(C(=O)CN)CC4)cc3F)ncc2Cl)n[nH]1. The van der Waals surface area contributed by atoms with E-state index in [1.165, 1.54) is 12.4 Å². The fraction of sp³-hybridized carbons (Fsp3) is 0.404. The van der Waals surface area contributed by atoms with E-state index in [9.17, 15) is 9.59 Å². The Bertz CT molecular complexity index is 2750. The van der Waals surface area contributed by atoms with Crippen LogP contribution in [0.3, 0.4) is 0 Å². The third-order valence-corrected chi connectivity index (χ3v) is 12.7. The van der Waals surface area contributed by atoms with Crippen LogP contribution in [0.15, 0.2) is 48.8 Å². The number of likely N-dealkylation sites (tertiary alicyclic amines) is 2. The van der Waals surface area contributed by atoms with Crippen LogP contribution in [0.5, 0.6) is 0 Å². The van der Waals surface area contributed by atoms with Crippen molar-refractivity contribution in [1.82, 2.24) is 55.0 Å². The topological polar surface area (TPSA) is 227 Å². The van der Waals surface area contributed by atoms with Crippen molar-refractivity contribution in [3.05, 3.63) is 104 Å². The maximum atomic E-state index is 15.1. The Labute approximate surface area is 409 Å². The van der Waals surface area contributed by atoms with Crippen molar-refractivity contribution >= 4 is 81.6 Å². The van der Waals surface area contributed by atoms with Crippen molar-refractivity contribution in [3.8, 4) is 0 Å². The van der Waals surface area contributed by atoms with E-state index >= 15 is 8.78 Å². The maximum absolute atomic E-state index is 15.1. The highest BCUT2D eigenvalue weighted by Crippen LogP contribution is 2.36. The van der Waals surface area contributed by atoms with Crippen LogP contribution in [0.4, 0.5) is 55.3 Å². The van der Waals surface area contributed by atoms with Gasteiger partial charge in [-0.1, -0.05) is 23.2 Å². The molecule has 0 aliphatic carbocycles. The number of H-pyrrole nitrogens is 2. The fourth-order valence-corrected chi connectivity index (χ4v) is 8.71. The molecule has 18 nitrogen and oxygen atoms in total. The predicted octanol–water partition coefficient (Wildman–Crippen LogP) is 8.51. The molecule has 6 aromatic rings. The van der Waals surface area contributed by atoms with Crippen molar-refractivity contribution < 1.29 is 18.4 Å². The van der Waals surface area contributed by atoms with Gasteiger partial charge in [0.05, 0.1) is 30.3 Å². The summed E-state index contributed by atoms with van der Waals surface area (Å²) in [5.74, 6) is 2.03. The number of aromatic amines is 2. The number of halogens is 4. The number of piperidine rings is 2. The predicted molar refractivity (Wildman–Crippen MR) is 265 cm³/mol. The van der Waals surface area contributed by atoms with Gasteiger partial charge in [-0.15, -0.1) is 0 Å². The molecule has 0 saturated carbocycles. The fourth-order valence-electron chi connectivity index (χ4n) is 8.43. The number of hydrogen-bond acceptors (Lipinski definition) is 14. The zero-order valence-corrected chi connectivity index (χ0v) is 41.0. The first-order valence-electron chi connectivity index (χ1n) is 22.7. The van der Waals surface area contributed by atoms with Gasteiger partial charge in [0, 0.05) is 62.7 Å². The Hall–Kier alpha value is -6.48. The number of rotatable bonds is 14. The number of nitrogens with one attached hydrogen (secondary N) is 6. The number of amides is 2. The quantitative estimate of drug-likeness (QED) is 0.0543. The lowest BCUT2D eigenvalue weighted by Gasteiger charge is -2.33. The van der Waals surface area contributed by atoms with E-state index in [0.29, 0.717) is 65.9 Å². The van der Waals surface area contributed by atoms with Crippen molar-refractivity contribution in [2.45, 2.75) is 71.6 Å². The number of nitrogens with zero attached hydrogens (tertiary/aromatic N) is 9. The van der Waals surface area contributed by atoms with Gasteiger partial charge in [0.25, 0.3) is 0 Å². The smallest absolute Gasteiger partial charge is 0.236 e. The maximum Gasteiger partial charge on any atom is 0.236 e. The molecule has 2 amide bonds. The summed E-state index contributed by atoms with van der Waals surface area (Å²) < 4.78 is 30.1. The third-order valence-electron chi connectivity index (χ3n) is 12.1. The number of benzene rings is 2. The standard InChI is InChI=1S/C25H32ClFN8O.C22H26ClFN8O/c1-15-11-21(29-25-28-14-19(26)24(31-25)30-22-12-16(2)32-33-22)20(27)13-18(15)17-5-9-35(10-6-17)23(36)7-8-34(3)4;1-12-7-18(17(24)9-15(12)14-3-5-32(6-4-14)20(33)10-25)27-22-26-11-16(23)21(29-22)28-19-8-13(2)30-31-19/h11-14,17H,5-10H2,1-4H3,(H3,28,29,30,31,32,33);7-9,11,14H,3-6,10,25H2,1-2H3,(H3,26,27,28,29,30,31). The molecular weight excluding hydrogens is 930 g/mol. The minimum absolute atomic E-state index is 0.0179. The van der Waals surface area contributed by atoms with Crippen LogP contribution in [-0.4, -0.2) is 120 Å². The molecule has 2 aliphatic heterocycles. The summed E-state index contributed by atoms with van der Waals surface area (Å²) in [6.07, 6.45) is 6.61. The van der Waals surface area contributed by atoms with Crippen LogP contribution in [0.1, 0.15) is 77.6 Å². The molecule has 2 fully saturated rings. The van der Waals surface area contributed by atoms with Gasteiger partial charge in [0.1, 0.15) is 21.7 Å². The highest BCUT2D eigenvalue weighted by atomic mass is 35.5. The van der Waals surface area contributed by atoms with Crippen LogP contribution in [0.2, 0.25) is 10.0 Å². The molecule has 69 heavy (non-hydrogen) atoms. The largest absolute Gasteiger partial charge is 0.343 e. The third kappa shape index (κ3) is 13.2. The minimum Gasteiger partial charge on any atom is -0.343 e. The normalized spacial score (nSPS) is 14.4. The molecule has 0 unspecified atom stereocenters. The first kappa shape index (κ1) is 50.4. The molecule has 0 atom stereocenters. The van der Waals surface area contributed by atoms with Crippen molar-refractivity contribution in [2.75, 3.05) is 74.6 Å². The van der Waals surface area contributed by atoms with Gasteiger partial charge in [0.15, 0.2) is 23.3 Å². The zero-order chi connectivity index (χ0) is 49.4. The Morgan fingerprint density at radius 1 is 0.681 bits per heavy atom. The zero-order valence-electron chi connectivity index (χ0n) is 39.5. The van der Waals surface area contributed by atoms with Gasteiger partial charge >= 0.3 is 0 Å². The molecule has 6 heterocycles. The lowest BCUT2D eigenvalue weighted by atomic mass is 9.86. The minimum atomic E-state index is -0.396. The van der Waals surface area contributed by atoms with Crippen LogP contribution in [0.25, 0.3) is 0 Å². The van der Waals surface area contributed by atoms with Gasteiger partial charge in [-0.2, -0.15) is 20.2 Å². The summed E-state index contributed by atoms with van der Waals surface area (Å²) in [5.41, 5.74) is 11.7. The second-order valence-electron chi connectivity index (χ2n) is 17.6. The van der Waals surface area contributed by atoms with Crippen molar-refractivity contribution in [3.63, 3.8) is 0 Å². The molecule has 0 radical (unpaired) electrons. The average molecular weight is 988 g/mol. The lowest BCUT2D eigenvalue weighted by Crippen LogP contribution is -2.41. The Morgan fingerprint density at radius 2 is 1.10 bits per heavy atom. The summed E-state index contributed by atoms with van der Waals surface area (Å²) in [6.45, 7) is 11.1. The number of aromatic nitrogens is 8. The molecule has 0 bridgehead atoms. The molecule has 8 N–H and O–H groups in total. The Balaban J connectivity index is 0.000000205. The summed E-state index contributed by atoms with van der Waals surface area (Å²) in [7, 11) is 3.93. The Kier molecular flexibility index (Phi) is 16.6. The van der Waals surface area contributed by atoms with Gasteiger partial charge in [-0.05, 0) is 126 Å². The molecule has 0 spiro atoms. The first-order chi connectivity index (χ1) is 33.0. The van der Waals surface area contributed by atoms with E-state index in [4.69, 9.17) is 28.9 Å². The molecule has 2 saturated heterocycles. The summed E-state index contributed by atoms with van der Waals surface area (Å²) >= 11 is 12.4. The first-order valence-corrected chi connectivity index (χ1v) is 23.5. The molecule has 2 aromatic carbocycles. The number of aryl methyl sites for hydroxylation is 4. The van der Waals surface area contributed by atoms with E-state index in [0.717, 1.165) is 65.9 Å². The average Bonchev–Trinajstić information content (AvgIpc) is 3.95. The lowest BCUT2D eigenvalue weighted by molar-refractivity contribution is -0.132. The van der Waals surface area contributed by atoms with E-state index < -0.39 is 5.82 Å². The molecular formula is C47H58Cl2F2N16O2.